The molecule has 2 rings (SSSR count). The minimum Gasteiger partial charge on any atom is -0.481 e. The molecule has 0 unspecified atom stereocenters. The van der Waals surface area contributed by atoms with Crippen molar-refractivity contribution in [3.63, 3.8) is 0 Å². The highest BCUT2D eigenvalue weighted by Gasteiger charge is 2.11. The Morgan fingerprint density at radius 1 is 1.64 bits per heavy atom. The molecule has 1 N–H and O–H groups in total. The number of hydrogen-bond acceptors (Lipinski definition) is 4. The number of pyridine rings is 1. The van der Waals surface area contributed by atoms with Gasteiger partial charge in [-0.25, -0.2) is 4.98 Å². The average Bonchev–Trinajstić information content (AvgIpc) is 2.45. The highest BCUT2D eigenvalue weighted by atomic mass is 16.4. The molecule has 5 heteroatoms. The topological polar surface area (TPSA) is 76.2 Å². The molecule has 2 aromatic heterocycles. The summed E-state index contributed by atoms with van der Waals surface area (Å²) in [5.41, 5.74) is 1.55. The lowest BCUT2D eigenvalue weighted by Crippen LogP contribution is -2.02. The Morgan fingerprint density at radius 2 is 2.43 bits per heavy atom. The van der Waals surface area contributed by atoms with Crippen LogP contribution in [-0.2, 0) is 11.2 Å². The maximum absolute atomic E-state index is 10.5. The number of aryl methyl sites for hydroxylation is 1. The molecule has 72 valence electrons. The van der Waals surface area contributed by atoms with Gasteiger partial charge in [-0.15, -0.1) is 0 Å². The maximum atomic E-state index is 10.5. The zero-order chi connectivity index (χ0) is 10.1. The molecule has 0 saturated carbocycles. The van der Waals surface area contributed by atoms with Crippen LogP contribution in [0.1, 0.15) is 11.6 Å². The monoisotopic (exact) mass is 192 g/mol. The lowest BCUT2D eigenvalue weighted by atomic mass is 10.2. The van der Waals surface area contributed by atoms with Gasteiger partial charge in [0.15, 0.2) is 11.5 Å². The molecule has 5 nitrogen and oxygen atoms in total. The Kier molecular flexibility index (Phi) is 1.92. The van der Waals surface area contributed by atoms with Crippen molar-refractivity contribution in [1.29, 1.82) is 0 Å². The molecule has 0 bridgehead atoms. The second-order valence-corrected chi connectivity index (χ2v) is 2.91. The van der Waals surface area contributed by atoms with Gasteiger partial charge in [0.05, 0.1) is 12.1 Å². The van der Waals surface area contributed by atoms with Crippen LogP contribution in [0, 0.1) is 6.92 Å². The Hall–Kier alpha value is -1.91. The number of fused-ring (bicyclic) bond motifs is 1. The molecule has 0 radical (unpaired) electrons. The molecule has 0 aliphatic rings. The number of hydrogen-bond donors (Lipinski definition) is 1. The number of carboxylic acid groups (broad SMARTS) is 1. The highest BCUT2D eigenvalue weighted by Crippen LogP contribution is 2.17. The normalized spacial score (nSPS) is 10.6. The second kappa shape index (κ2) is 3.10. The van der Waals surface area contributed by atoms with E-state index in [9.17, 15) is 4.79 Å². The van der Waals surface area contributed by atoms with Crippen LogP contribution in [0.5, 0.6) is 0 Å². The van der Waals surface area contributed by atoms with E-state index in [-0.39, 0.29) is 6.42 Å². The van der Waals surface area contributed by atoms with Crippen molar-refractivity contribution in [2.75, 3.05) is 0 Å². The molecule has 14 heavy (non-hydrogen) atoms. The van der Waals surface area contributed by atoms with E-state index < -0.39 is 5.97 Å². The van der Waals surface area contributed by atoms with Gasteiger partial charge in [0.2, 0.25) is 0 Å². The predicted molar refractivity (Wildman–Crippen MR) is 47.9 cm³/mol. The third-order valence-electron chi connectivity index (χ3n) is 1.81. The first-order valence-corrected chi connectivity index (χ1v) is 4.09. The molecule has 0 saturated heterocycles. The molecule has 0 spiro atoms. The number of oxazole rings is 1. The van der Waals surface area contributed by atoms with E-state index in [1.807, 2.05) is 0 Å². The third-order valence-corrected chi connectivity index (χ3v) is 1.81. The first kappa shape index (κ1) is 8.68. The maximum Gasteiger partial charge on any atom is 0.309 e. The van der Waals surface area contributed by atoms with Gasteiger partial charge in [0.25, 0.3) is 0 Å². The van der Waals surface area contributed by atoms with Crippen molar-refractivity contribution in [2.24, 2.45) is 0 Å². The van der Waals surface area contributed by atoms with Gasteiger partial charge in [0.1, 0.15) is 5.52 Å². The summed E-state index contributed by atoms with van der Waals surface area (Å²) in [4.78, 5) is 18.6. The minimum atomic E-state index is -0.925. The summed E-state index contributed by atoms with van der Waals surface area (Å²) < 4.78 is 5.25. The summed E-state index contributed by atoms with van der Waals surface area (Å²) in [5, 5.41) is 8.63. The second-order valence-electron chi connectivity index (χ2n) is 2.91. The van der Waals surface area contributed by atoms with Gasteiger partial charge in [-0.05, 0) is 0 Å². The standard InChI is InChI=1S/C9H8N2O3/c1-5-11-9-6(4-8(12)13)10-3-2-7(9)14-5/h2-3H,4H2,1H3,(H,12,13). The van der Waals surface area contributed by atoms with Crippen LogP contribution in [-0.4, -0.2) is 21.0 Å². The van der Waals surface area contributed by atoms with Crippen LogP contribution < -0.4 is 0 Å². The van der Waals surface area contributed by atoms with Crippen LogP contribution in [0.2, 0.25) is 0 Å². The number of nitrogens with zero attached hydrogens (tertiary/aromatic N) is 2. The molecular weight excluding hydrogens is 184 g/mol. The van der Waals surface area contributed by atoms with Gasteiger partial charge < -0.3 is 9.52 Å². The van der Waals surface area contributed by atoms with Gasteiger partial charge in [-0.3, -0.25) is 9.78 Å². The molecule has 2 aromatic rings. The number of aromatic nitrogens is 2. The summed E-state index contributed by atoms with van der Waals surface area (Å²) in [6, 6.07) is 1.67. The van der Waals surface area contributed by atoms with E-state index in [1.54, 1.807) is 13.0 Å². The van der Waals surface area contributed by atoms with Crippen molar-refractivity contribution in [2.45, 2.75) is 13.3 Å². The summed E-state index contributed by atoms with van der Waals surface area (Å²) in [7, 11) is 0. The fourth-order valence-corrected chi connectivity index (χ4v) is 1.29. The van der Waals surface area contributed by atoms with Crippen molar-refractivity contribution in [3.8, 4) is 0 Å². The summed E-state index contributed by atoms with van der Waals surface area (Å²) in [6.45, 7) is 1.71. The van der Waals surface area contributed by atoms with E-state index in [1.165, 1.54) is 6.20 Å². The minimum absolute atomic E-state index is 0.136. The van der Waals surface area contributed by atoms with Crippen molar-refractivity contribution in [3.05, 3.63) is 23.8 Å². The van der Waals surface area contributed by atoms with Crippen molar-refractivity contribution < 1.29 is 14.3 Å². The van der Waals surface area contributed by atoms with E-state index in [2.05, 4.69) is 9.97 Å². The van der Waals surface area contributed by atoms with E-state index in [4.69, 9.17) is 9.52 Å². The van der Waals surface area contributed by atoms with Gasteiger partial charge in [-0.1, -0.05) is 0 Å². The number of carboxylic acids is 1. The van der Waals surface area contributed by atoms with Crippen LogP contribution in [0.4, 0.5) is 0 Å². The molecular formula is C9H8N2O3. The number of carbonyl (C=O) groups is 1. The fraction of sp³-hybridized carbons (Fsp3) is 0.222. The van der Waals surface area contributed by atoms with Gasteiger partial charge in [0, 0.05) is 19.2 Å². The SMILES string of the molecule is Cc1nc2c(CC(=O)O)nccc2o1. The zero-order valence-electron chi connectivity index (χ0n) is 7.52. The summed E-state index contributed by atoms with van der Waals surface area (Å²) >= 11 is 0. The van der Waals surface area contributed by atoms with Crippen LogP contribution in [0.3, 0.4) is 0 Å². The van der Waals surface area contributed by atoms with E-state index in [0.717, 1.165) is 0 Å². The number of aliphatic carboxylic acids is 1. The summed E-state index contributed by atoms with van der Waals surface area (Å²) in [6.07, 6.45) is 1.38. The molecule has 2 heterocycles. The van der Waals surface area contributed by atoms with Gasteiger partial charge >= 0.3 is 5.97 Å². The van der Waals surface area contributed by atoms with E-state index in [0.29, 0.717) is 22.7 Å². The molecule has 0 aromatic carbocycles. The quantitative estimate of drug-likeness (QED) is 0.772. The summed E-state index contributed by atoms with van der Waals surface area (Å²) in [5.74, 6) is -0.412. The molecule has 0 atom stereocenters. The lowest BCUT2D eigenvalue weighted by molar-refractivity contribution is -0.136. The Morgan fingerprint density at radius 3 is 3.14 bits per heavy atom. The van der Waals surface area contributed by atoms with Crippen LogP contribution >= 0.6 is 0 Å². The van der Waals surface area contributed by atoms with Gasteiger partial charge in [-0.2, -0.15) is 0 Å². The fourth-order valence-electron chi connectivity index (χ4n) is 1.29. The van der Waals surface area contributed by atoms with Crippen molar-refractivity contribution in [1.82, 2.24) is 9.97 Å². The first-order valence-electron chi connectivity index (χ1n) is 4.09. The highest BCUT2D eigenvalue weighted by molar-refractivity contribution is 5.80. The largest absolute Gasteiger partial charge is 0.481 e. The third kappa shape index (κ3) is 1.44. The van der Waals surface area contributed by atoms with Crippen LogP contribution in [0.15, 0.2) is 16.7 Å². The van der Waals surface area contributed by atoms with E-state index >= 15 is 0 Å². The van der Waals surface area contributed by atoms with Crippen molar-refractivity contribution >= 4 is 17.1 Å². The molecule has 0 aliphatic heterocycles. The lowest BCUT2D eigenvalue weighted by Gasteiger charge is -1.94. The predicted octanol–water partition coefficient (Wildman–Crippen LogP) is 1.16. The number of rotatable bonds is 2. The average molecular weight is 192 g/mol. The Labute approximate surface area is 79.4 Å². The smallest absolute Gasteiger partial charge is 0.309 e. The molecule has 0 aliphatic carbocycles. The molecule has 0 fully saturated rings. The Bertz CT molecular complexity index is 490. The first-order chi connectivity index (χ1) is 6.66. The Balaban J connectivity index is 2.58. The zero-order valence-corrected chi connectivity index (χ0v) is 7.52. The van der Waals surface area contributed by atoms with Crippen LogP contribution in [0.25, 0.3) is 11.1 Å². The molecule has 0 amide bonds.